The molecule has 0 saturated heterocycles. The monoisotopic (exact) mass is 203 g/mol. The standard InChI is InChI=1S/C10H25NOSi/c1-5-7-8-13(3,4)12-9-10(11)6-2/h10H,5-9,11H2,1-4H3/t10-/m0/s1. The van der Waals surface area contributed by atoms with E-state index in [0.717, 1.165) is 13.0 Å². The minimum atomic E-state index is -1.38. The van der Waals surface area contributed by atoms with E-state index < -0.39 is 8.32 Å². The van der Waals surface area contributed by atoms with E-state index in [9.17, 15) is 0 Å². The SMILES string of the molecule is CCCC[Si](C)(C)OC[C@@H](N)CC. The van der Waals surface area contributed by atoms with Crippen molar-refractivity contribution in [2.24, 2.45) is 5.73 Å². The van der Waals surface area contributed by atoms with Crippen LogP contribution in [0, 0.1) is 0 Å². The van der Waals surface area contributed by atoms with Crippen LogP contribution in [0.4, 0.5) is 0 Å². The molecule has 2 nitrogen and oxygen atoms in total. The van der Waals surface area contributed by atoms with Crippen molar-refractivity contribution in [3.8, 4) is 0 Å². The van der Waals surface area contributed by atoms with Crippen molar-refractivity contribution >= 4 is 8.32 Å². The van der Waals surface area contributed by atoms with Gasteiger partial charge in [-0.3, -0.25) is 0 Å². The lowest BCUT2D eigenvalue weighted by Crippen LogP contribution is -2.36. The maximum absolute atomic E-state index is 5.90. The third-order valence-electron chi connectivity index (χ3n) is 2.34. The number of hydrogen-bond acceptors (Lipinski definition) is 2. The second-order valence-corrected chi connectivity index (χ2v) is 8.65. The van der Waals surface area contributed by atoms with Crippen molar-refractivity contribution < 1.29 is 4.43 Å². The highest BCUT2D eigenvalue weighted by atomic mass is 28.4. The Morgan fingerprint density at radius 3 is 2.38 bits per heavy atom. The van der Waals surface area contributed by atoms with Crippen LogP contribution in [0.15, 0.2) is 0 Å². The molecular weight excluding hydrogens is 178 g/mol. The van der Waals surface area contributed by atoms with Crippen molar-refractivity contribution in [2.75, 3.05) is 6.61 Å². The first kappa shape index (κ1) is 13.1. The molecule has 0 amide bonds. The summed E-state index contributed by atoms with van der Waals surface area (Å²) in [6, 6.07) is 1.49. The first-order chi connectivity index (χ1) is 6.02. The van der Waals surface area contributed by atoms with Gasteiger partial charge in [0, 0.05) is 12.6 Å². The van der Waals surface area contributed by atoms with Crippen molar-refractivity contribution in [1.29, 1.82) is 0 Å². The van der Waals surface area contributed by atoms with Gasteiger partial charge < -0.3 is 10.2 Å². The van der Waals surface area contributed by atoms with Crippen molar-refractivity contribution in [3.05, 3.63) is 0 Å². The Kier molecular flexibility index (Phi) is 6.64. The molecule has 0 aliphatic carbocycles. The van der Waals surface area contributed by atoms with Gasteiger partial charge in [-0.1, -0.05) is 26.7 Å². The van der Waals surface area contributed by atoms with Gasteiger partial charge >= 0.3 is 0 Å². The summed E-state index contributed by atoms with van der Waals surface area (Å²) in [4.78, 5) is 0. The molecule has 0 radical (unpaired) electrons. The number of unbranched alkanes of at least 4 members (excludes halogenated alkanes) is 1. The van der Waals surface area contributed by atoms with Crippen LogP contribution in [0.5, 0.6) is 0 Å². The smallest absolute Gasteiger partial charge is 0.186 e. The molecule has 0 rings (SSSR count). The fraction of sp³-hybridized carbons (Fsp3) is 1.00. The molecule has 1 atom stereocenters. The molecule has 0 aromatic heterocycles. The van der Waals surface area contributed by atoms with Crippen molar-refractivity contribution in [1.82, 2.24) is 0 Å². The predicted molar refractivity (Wildman–Crippen MR) is 61.4 cm³/mol. The zero-order valence-corrected chi connectivity index (χ0v) is 10.6. The van der Waals surface area contributed by atoms with E-state index in [2.05, 4.69) is 26.9 Å². The Bertz CT molecular complexity index is 128. The van der Waals surface area contributed by atoms with Crippen LogP contribution in [0.2, 0.25) is 19.1 Å². The summed E-state index contributed by atoms with van der Waals surface area (Å²) in [5.74, 6) is 0. The largest absolute Gasteiger partial charge is 0.416 e. The predicted octanol–water partition coefficient (Wildman–Crippen LogP) is 2.75. The Balaban J connectivity index is 3.61. The fourth-order valence-corrected chi connectivity index (χ4v) is 3.14. The van der Waals surface area contributed by atoms with E-state index in [1.54, 1.807) is 0 Å². The van der Waals surface area contributed by atoms with E-state index in [-0.39, 0.29) is 6.04 Å². The molecule has 0 aliphatic heterocycles. The van der Waals surface area contributed by atoms with E-state index >= 15 is 0 Å². The quantitative estimate of drug-likeness (QED) is 0.646. The second kappa shape index (κ2) is 6.57. The number of rotatable bonds is 7. The zero-order chi connectivity index (χ0) is 10.3. The second-order valence-electron chi connectivity index (χ2n) is 4.34. The lowest BCUT2D eigenvalue weighted by Gasteiger charge is -2.24. The van der Waals surface area contributed by atoms with E-state index in [4.69, 9.17) is 10.2 Å². The third kappa shape index (κ3) is 7.23. The lowest BCUT2D eigenvalue weighted by atomic mass is 10.3. The Labute approximate surface area is 84.0 Å². The number of hydrogen-bond donors (Lipinski definition) is 1. The van der Waals surface area contributed by atoms with Crippen LogP contribution < -0.4 is 5.73 Å². The molecule has 0 saturated carbocycles. The van der Waals surface area contributed by atoms with Gasteiger partial charge in [0.15, 0.2) is 8.32 Å². The van der Waals surface area contributed by atoms with Crippen LogP contribution >= 0.6 is 0 Å². The molecule has 0 spiro atoms. The molecule has 13 heavy (non-hydrogen) atoms. The van der Waals surface area contributed by atoms with E-state index in [1.165, 1.54) is 18.9 Å². The molecule has 0 heterocycles. The topological polar surface area (TPSA) is 35.2 Å². The molecule has 0 fully saturated rings. The average molecular weight is 203 g/mol. The average Bonchev–Trinajstić information content (AvgIpc) is 2.11. The highest BCUT2D eigenvalue weighted by Crippen LogP contribution is 2.15. The Morgan fingerprint density at radius 1 is 1.31 bits per heavy atom. The first-order valence-electron chi connectivity index (χ1n) is 5.41. The Morgan fingerprint density at radius 2 is 1.92 bits per heavy atom. The molecule has 0 aromatic carbocycles. The zero-order valence-electron chi connectivity index (χ0n) is 9.60. The van der Waals surface area contributed by atoms with Gasteiger partial charge in [-0.15, -0.1) is 0 Å². The van der Waals surface area contributed by atoms with Gasteiger partial charge in [0.25, 0.3) is 0 Å². The summed E-state index contributed by atoms with van der Waals surface area (Å²) in [6.45, 7) is 9.65. The summed E-state index contributed by atoms with van der Waals surface area (Å²) in [6.07, 6.45) is 3.57. The summed E-state index contributed by atoms with van der Waals surface area (Å²) in [5.41, 5.74) is 5.81. The molecule has 3 heteroatoms. The maximum Gasteiger partial charge on any atom is 0.186 e. The fourth-order valence-electron chi connectivity index (χ4n) is 1.13. The van der Waals surface area contributed by atoms with Crippen LogP contribution in [-0.2, 0) is 4.43 Å². The van der Waals surface area contributed by atoms with Crippen molar-refractivity contribution in [3.63, 3.8) is 0 Å². The van der Waals surface area contributed by atoms with E-state index in [0.29, 0.717) is 0 Å². The molecule has 0 unspecified atom stereocenters. The summed E-state index contributed by atoms with van der Waals surface area (Å²) in [5, 5.41) is 0. The van der Waals surface area contributed by atoms with Gasteiger partial charge in [0.05, 0.1) is 0 Å². The molecule has 80 valence electrons. The van der Waals surface area contributed by atoms with E-state index in [1.807, 2.05) is 0 Å². The summed E-state index contributed by atoms with van der Waals surface area (Å²) < 4.78 is 5.90. The third-order valence-corrected chi connectivity index (χ3v) is 4.85. The molecular formula is C10H25NOSi. The first-order valence-corrected chi connectivity index (χ1v) is 8.53. The Hall–Kier alpha value is 0.137. The molecule has 0 bridgehead atoms. The maximum atomic E-state index is 5.90. The van der Waals surface area contributed by atoms with Crippen LogP contribution in [0.3, 0.4) is 0 Å². The molecule has 0 aromatic rings. The van der Waals surface area contributed by atoms with Gasteiger partial charge in [-0.2, -0.15) is 0 Å². The van der Waals surface area contributed by atoms with Gasteiger partial charge in [0.2, 0.25) is 0 Å². The lowest BCUT2D eigenvalue weighted by molar-refractivity contribution is 0.274. The summed E-state index contributed by atoms with van der Waals surface area (Å²) in [7, 11) is -1.38. The number of nitrogens with two attached hydrogens (primary N) is 1. The van der Waals surface area contributed by atoms with Crippen LogP contribution in [0.1, 0.15) is 33.1 Å². The van der Waals surface area contributed by atoms with Gasteiger partial charge in [0.1, 0.15) is 0 Å². The van der Waals surface area contributed by atoms with Crippen LogP contribution in [0.25, 0.3) is 0 Å². The normalized spacial score (nSPS) is 14.5. The molecule has 2 N–H and O–H groups in total. The van der Waals surface area contributed by atoms with Crippen LogP contribution in [-0.4, -0.2) is 21.0 Å². The van der Waals surface area contributed by atoms with Crippen molar-refractivity contribution in [2.45, 2.75) is 58.3 Å². The molecule has 0 aliphatic rings. The van der Waals surface area contributed by atoms with Gasteiger partial charge in [-0.25, -0.2) is 0 Å². The highest BCUT2D eigenvalue weighted by Gasteiger charge is 2.21. The summed E-state index contributed by atoms with van der Waals surface area (Å²) >= 11 is 0. The minimum absolute atomic E-state index is 0.230. The highest BCUT2D eigenvalue weighted by molar-refractivity contribution is 6.71. The van der Waals surface area contributed by atoms with Gasteiger partial charge in [-0.05, 0) is 25.6 Å². The minimum Gasteiger partial charge on any atom is -0.416 e.